The van der Waals surface area contributed by atoms with E-state index in [1.165, 1.54) is 13.3 Å². The number of carbonyl (C=O) groups excluding carboxylic acids is 3. The fourth-order valence-corrected chi connectivity index (χ4v) is 3.69. The van der Waals surface area contributed by atoms with Crippen molar-refractivity contribution in [2.45, 2.75) is 39.0 Å². The number of aromatic nitrogens is 2. The molecule has 10 heteroatoms. The smallest absolute Gasteiger partial charge is 0.332 e. The van der Waals surface area contributed by atoms with Gasteiger partial charge in [-0.1, -0.05) is 51.1 Å². The normalized spacial score (nSPS) is 12.3. The fraction of sp³-hybridized carbons (Fsp3) is 0.280. The molecule has 1 aromatic heterocycles. The van der Waals surface area contributed by atoms with E-state index >= 15 is 0 Å². The molecule has 1 heterocycles. The first-order chi connectivity index (χ1) is 16.8. The highest BCUT2D eigenvalue weighted by Gasteiger charge is 2.35. The molecule has 35 heavy (non-hydrogen) atoms. The third-order valence-corrected chi connectivity index (χ3v) is 5.42. The average Bonchev–Trinajstić information content (AvgIpc) is 2.85. The molecule has 1 atom stereocenters. The lowest BCUT2D eigenvalue weighted by atomic mass is 9.95. The maximum absolute atomic E-state index is 13.6. The van der Waals surface area contributed by atoms with E-state index < -0.39 is 23.8 Å². The molecule has 0 fully saturated rings. The number of carbonyl (C=O) groups is 3. The van der Waals surface area contributed by atoms with Gasteiger partial charge in [0.2, 0.25) is 0 Å². The van der Waals surface area contributed by atoms with Crippen LogP contribution in [-0.4, -0.2) is 40.7 Å². The van der Waals surface area contributed by atoms with E-state index in [4.69, 9.17) is 10.5 Å². The number of rotatable bonds is 8. The molecule has 0 aliphatic heterocycles. The first-order valence-corrected chi connectivity index (χ1v) is 11.1. The van der Waals surface area contributed by atoms with Crippen LogP contribution in [0.15, 0.2) is 53.8 Å². The predicted octanol–water partition coefficient (Wildman–Crippen LogP) is 3.24. The van der Waals surface area contributed by atoms with E-state index in [1.807, 2.05) is 45.0 Å². The minimum Gasteiger partial charge on any atom is -0.468 e. The highest BCUT2D eigenvalue weighted by molar-refractivity contribution is 6.48. The number of benzene rings is 2. The van der Waals surface area contributed by atoms with Crippen molar-refractivity contribution in [3.63, 3.8) is 0 Å². The van der Waals surface area contributed by atoms with Crippen molar-refractivity contribution >= 4 is 40.3 Å². The molecule has 1 unspecified atom stereocenters. The summed E-state index contributed by atoms with van der Waals surface area (Å²) in [5.74, 6) is -2.78. The molecule has 0 saturated heterocycles. The number of fused-ring (bicyclic) bond motifs is 1. The van der Waals surface area contributed by atoms with E-state index in [1.54, 1.807) is 18.2 Å². The van der Waals surface area contributed by atoms with Gasteiger partial charge in [-0.3, -0.25) is 14.6 Å². The van der Waals surface area contributed by atoms with Gasteiger partial charge in [0.15, 0.2) is 0 Å². The van der Waals surface area contributed by atoms with Crippen LogP contribution in [0, 0.1) is 0 Å². The summed E-state index contributed by atoms with van der Waals surface area (Å²) in [5, 5.41) is 6.77. The Morgan fingerprint density at radius 1 is 1.09 bits per heavy atom. The van der Waals surface area contributed by atoms with E-state index in [0.717, 1.165) is 11.1 Å². The molecule has 182 valence electrons. The number of urea groups is 1. The Bertz CT molecular complexity index is 1290. The number of hydrazone groups is 1. The molecular weight excluding hydrogens is 448 g/mol. The number of aryl methyl sites for hydroxylation is 1. The zero-order valence-corrected chi connectivity index (χ0v) is 20.0. The molecule has 0 radical (unpaired) electrons. The summed E-state index contributed by atoms with van der Waals surface area (Å²) < 4.78 is 4.96. The molecule has 0 aliphatic rings. The molecule has 2 aromatic carbocycles. The maximum atomic E-state index is 13.6. The Morgan fingerprint density at radius 2 is 1.80 bits per heavy atom. The third kappa shape index (κ3) is 5.78. The molecule has 10 nitrogen and oxygen atoms in total. The molecule has 0 aliphatic carbocycles. The standard InChI is InChI=1S/C25H28N6O4/c1-5-15-9-8-10-16(14(2)3)21(15)29-23(32)22(30-31-25(26)34)20(24(33)35-4)19-13-27-17-11-6-7-12-18(17)28-19/h6-14,20H,5H2,1-4H3,(H,29,32)(H3,26,31,34)/b30-22+. The van der Waals surface area contributed by atoms with Gasteiger partial charge in [-0.05, 0) is 35.6 Å². The van der Waals surface area contributed by atoms with Gasteiger partial charge in [0.1, 0.15) is 11.6 Å². The maximum Gasteiger partial charge on any atom is 0.332 e. The number of methoxy groups -OCH3 is 1. The topological polar surface area (TPSA) is 149 Å². The Hall–Kier alpha value is -4.34. The van der Waals surface area contributed by atoms with Gasteiger partial charge in [-0.2, -0.15) is 5.10 Å². The Morgan fingerprint density at radius 3 is 2.43 bits per heavy atom. The van der Waals surface area contributed by atoms with Crippen LogP contribution in [-0.2, 0) is 20.7 Å². The van der Waals surface area contributed by atoms with Crippen molar-refractivity contribution in [1.29, 1.82) is 0 Å². The van der Waals surface area contributed by atoms with Crippen LogP contribution >= 0.6 is 0 Å². The number of esters is 1. The Kier molecular flexibility index (Phi) is 8.08. The van der Waals surface area contributed by atoms with Crippen LogP contribution < -0.4 is 16.5 Å². The monoisotopic (exact) mass is 476 g/mol. The number of nitrogens with two attached hydrogens (primary N) is 1. The molecule has 0 spiro atoms. The van der Waals surface area contributed by atoms with Gasteiger partial charge in [-0.25, -0.2) is 15.2 Å². The molecular formula is C25H28N6O4. The number of primary amides is 1. The number of nitrogens with one attached hydrogen (secondary N) is 2. The molecule has 3 aromatic rings. The second kappa shape index (κ2) is 11.2. The van der Waals surface area contributed by atoms with Crippen LogP contribution in [0.25, 0.3) is 11.0 Å². The van der Waals surface area contributed by atoms with Gasteiger partial charge in [-0.15, -0.1) is 0 Å². The van der Waals surface area contributed by atoms with Crippen molar-refractivity contribution in [3.05, 3.63) is 65.5 Å². The lowest BCUT2D eigenvalue weighted by Gasteiger charge is -2.20. The van der Waals surface area contributed by atoms with Gasteiger partial charge in [0, 0.05) is 5.69 Å². The zero-order chi connectivity index (χ0) is 25.5. The molecule has 3 amide bonds. The lowest BCUT2D eigenvalue weighted by Crippen LogP contribution is -2.37. The van der Waals surface area contributed by atoms with Crippen LogP contribution in [0.3, 0.4) is 0 Å². The average molecular weight is 477 g/mol. The number of amides is 3. The number of ether oxygens (including phenoxy) is 1. The van der Waals surface area contributed by atoms with Gasteiger partial charge < -0.3 is 15.8 Å². The molecule has 3 rings (SSSR count). The second-order valence-electron chi connectivity index (χ2n) is 8.06. The number of para-hydroxylation sites is 3. The quantitative estimate of drug-likeness (QED) is 0.258. The summed E-state index contributed by atoms with van der Waals surface area (Å²) in [6.07, 6.45) is 2.04. The predicted molar refractivity (Wildman–Crippen MR) is 133 cm³/mol. The molecule has 0 saturated carbocycles. The summed E-state index contributed by atoms with van der Waals surface area (Å²) in [6, 6.07) is 11.8. The number of hydrogen-bond acceptors (Lipinski definition) is 7. The summed E-state index contributed by atoms with van der Waals surface area (Å²) >= 11 is 0. The van der Waals surface area contributed by atoms with E-state index in [0.29, 0.717) is 23.1 Å². The van der Waals surface area contributed by atoms with Crippen molar-refractivity contribution < 1.29 is 19.1 Å². The minimum atomic E-state index is -1.37. The van der Waals surface area contributed by atoms with E-state index in [9.17, 15) is 14.4 Å². The van der Waals surface area contributed by atoms with E-state index in [2.05, 4.69) is 25.8 Å². The summed E-state index contributed by atoms with van der Waals surface area (Å²) in [6.45, 7) is 5.99. The third-order valence-electron chi connectivity index (χ3n) is 5.42. The van der Waals surface area contributed by atoms with Gasteiger partial charge in [0.05, 0.1) is 30.0 Å². The van der Waals surface area contributed by atoms with Crippen LogP contribution in [0.4, 0.5) is 10.5 Å². The summed E-state index contributed by atoms with van der Waals surface area (Å²) in [4.78, 5) is 46.7. The van der Waals surface area contributed by atoms with Crippen LogP contribution in [0.5, 0.6) is 0 Å². The first-order valence-electron chi connectivity index (χ1n) is 11.1. The highest BCUT2D eigenvalue weighted by atomic mass is 16.5. The highest BCUT2D eigenvalue weighted by Crippen LogP contribution is 2.29. The number of anilines is 1. The largest absolute Gasteiger partial charge is 0.468 e. The minimum absolute atomic E-state index is 0.115. The van der Waals surface area contributed by atoms with Crippen molar-refractivity contribution in [2.75, 3.05) is 12.4 Å². The van der Waals surface area contributed by atoms with Crippen molar-refractivity contribution in [2.24, 2.45) is 10.8 Å². The molecule has 4 N–H and O–H groups in total. The first kappa shape index (κ1) is 25.3. The van der Waals surface area contributed by atoms with Crippen molar-refractivity contribution in [1.82, 2.24) is 15.4 Å². The van der Waals surface area contributed by atoms with Gasteiger partial charge >= 0.3 is 12.0 Å². The zero-order valence-electron chi connectivity index (χ0n) is 20.0. The fourth-order valence-electron chi connectivity index (χ4n) is 3.69. The molecule has 0 bridgehead atoms. The van der Waals surface area contributed by atoms with Crippen LogP contribution in [0.1, 0.15) is 49.4 Å². The Balaban J connectivity index is 2.13. The second-order valence-corrected chi connectivity index (χ2v) is 8.06. The number of nitrogens with zero attached hydrogens (tertiary/aromatic N) is 3. The Labute approximate surface area is 203 Å². The summed E-state index contributed by atoms with van der Waals surface area (Å²) in [5.41, 5.74) is 10.6. The van der Waals surface area contributed by atoms with E-state index in [-0.39, 0.29) is 17.3 Å². The lowest BCUT2D eigenvalue weighted by molar-refractivity contribution is -0.141. The van der Waals surface area contributed by atoms with Crippen LogP contribution in [0.2, 0.25) is 0 Å². The van der Waals surface area contributed by atoms with Crippen molar-refractivity contribution in [3.8, 4) is 0 Å². The number of hydrogen-bond donors (Lipinski definition) is 3. The SMILES string of the molecule is CCc1cccc(C(C)C)c1NC(=O)/C(=N/NC(N)=O)C(C(=O)OC)c1cnc2ccccc2n1. The summed E-state index contributed by atoms with van der Waals surface area (Å²) in [7, 11) is 1.18. The van der Waals surface area contributed by atoms with Gasteiger partial charge in [0.25, 0.3) is 5.91 Å².